The van der Waals surface area contributed by atoms with E-state index >= 15 is 0 Å². The van der Waals surface area contributed by atoms with Crippen LogP contribution in [0.4, 0.5) is 4.39 Å². The zero-order valence-electron chi connectivity index (χ0n) is 15.0. The Balaban J connectivity index is 1.85. The molecule has 0 saturated carbocycles. The lowest BCUT2D eigenvalue weighted by atomic mass is 9.72. The summed E-state index contributed by atoms with van der Waals surface area (Å²) in [5, 5.41) is 27.6. The third-order valence-electron chi connectivity index (χ3n) is 5.38. The number of nitrogens with one attached hydrogen (secondary N) is 1. The molecule has 0 radical (unpaired) electrons. The average Bonchev–Trinajstić information content (AvgIpc) is 2.91. The molecule has 1 aliphatic rings. The van der Waals surface area contributed by atoms with Crippen molar-refractivity contribution in [2.45, 2.75) is 39.3 Å². The Kier molecular flexibility index (Phi) is 5.11. The standard InChI is InChI=1S/C19H24FN3O3/c1-12-16(13(2)22-21-12)10-23-8-7-17(24)19(11-23,18(25)26)9-14-3-5-15(20)6-4-14/h3-6,17,24H,7-11H2,1-2H3,(H,21,22)(H,25,26)/t17-,19+/m0/s1. The molecule has 26 heavy (non-hydrogen) atoms. The Morgan fingerprint density at radius 3 is 2.65 bits per heavy atom. The van der Waals surface area contributed by atoms with Crippen molar-refractivity contribution >= 4 is 5.97 Å². The van der Waals surface area contributed by atoms with Gasteiger partial charge in [-0.1, -0.05) is 12.1 Å². The molecule has 1 aliphatic heterocycles. The van der Waals surface area contributed by atoms with Crippen LogP contribution in [0.1, 0.15) is 28.9 Å². The van der Waals surface area contributed by atoms with Gasteiger partial charge in [0.2, 0.25) is 0 Å². The topological polar surface area (TPSA) is 89.5 Å². The molecular weight excluding hydrogens is 337 g/mol. The van der Waals surface area contributed by atoms with Gasteiger partial charge in [0.05, 0.1) is 11.8 Å². The number of aromatic nitrogens is 2. The summed E-state index contributed by atoms with van der Waals surface area (Å²) in [6.07, 6.45) is -0.416. The van der Waals surface area contributed by atoms with E-state index in [1.54, 1.807) is 12.1 Å². The summed E-state index contributed by atoms with van der Waals surface area (Å²) >= 11 is 0. The van der Waals surface area contributed by atoms with E-state index in [-0.39, 0.29) is 18.8 Å². The number of carboxylic acid groups (broad SMARTS) is 1. The van der Waals surface area contributed by atoms with Crippen molar-refractivity contribution in [2.24, 2.45) is 5.41 Å². The number of aliphatic hydroxyl groups is 1. The number of H-pyrrole nitrogens is 1. The van der Waals surface area contributed by atoms with Crippen LogP contribution in [0.3, 0.4) is 0 Å². The number of halogens is 1. The fourth-order valence-corrected chi connectivity index (χ4v) is 3.76. The van der Waals surface area contributed by atoms with Crippen molar-refractivity contribution in [1.82, 2.24) is 15.1 Å². The SMILES string of the molecule is Cc1n[nH]c(C)c1CN1CC[C@H](O)[C@](Cc2ccc(F)cc2)(C(=O)O)C1. The highest BCUT2D eigenvalue weighted by Gasteiger charge is 2.49. The number of aryl methyl sites for hydroxylation is 2. The number of hydrogen-bond donors (Lipinski definition) is 3. The van der Waals surface area contributed by atoms with Gasteiger partial charge in [-0.2, -0.15) is 5.10 Å². The first kappa shape index (κ1) is 18.5. The largest absolute Gasteiger partial charge is 0.481 e. The van der Waals surface area contributed by atoms with Crippen molar-refractivity contribution in [3.63, 3.8) is 0 Å². The molecule has 7 heteroatoms. The zero-order valence-corrected chi connectivity index (χ0v) is 15.0. The number of carboxylic acids is 1. The number of aliphatic hydroxyl groups excluding tert-OH is 1. The molecule has 2 aromatic rings. The van der Waals surface area contributed by atoms with Crippen molar-refractivity contribution in [1.29, 1.82) is 0 Å². The molecule has 3 N–H and O–H groups in total. The van der Waals surface area contributed by atoms with Gasteiger partial charge >= 0.3 is 5.97 Å². The highest BCUT2D eigenvalue weighted by Crippen LogP contribution is 2.35. The first-order valence-electron chi connectivity index (χ1n) is 8.70. The Labute approximate surface area is 151 Å². The molecule has 0 unspecified atom stereocenters. The lowest BCUT2D eigenvalue weighted by Crippen LogP contribution is -2.56. The average molecular weight is 361 g/mol. The molecule has 1 aromatic heterocycles. The number of likely N-dealkylation sites (tertiary alicyclic amines) is 1. The second-order valence-corrected chi connectivity index (χ2v) is 7.19. The normalized spacial score (nSPS) is 23.9. The van der Waals surface area contributed by atoms with E-state index in [0.29, 0.717) is 25.1 Å². The molecule has 2 atom stereocenters. The minimum absolute atomic E-state index is 0.156. The van der Waals surface area contributed by atoms with E-state index in [4.69, 9.17) is 0 Å². The van der Waals surface area contributed by atoms with Gasteiger partial charge in [0.15, 0.2) is 0 Å². The van der Waals surface area contributed by atoms with Gasteiger partial charge in [-0.25, -0.2) is 4.39 Å². The Morgan fingerprint density at radius 1 is 1.38 bits per heavy atom. The molecule has 1 aromatic carbocycles. The number of benzene rings is 1. The van der Waals surface area contributed by atoms with Crippen LogP contribution in [0.25, 0.3) is 0 Å². The van der Waals surface area contributed by atoms with Gasteiger partial charge in [0, 0.05) is 30.9 Å². The number of piperidine rings is 1. The van der Waals surface area contributed by atoms with Gasteiger partial charge < -0.3 is 10.2 Å². The maximum absolute atomic E-state index is 13.2. The predicted octanol–water partition coefficient (Wildman–Crippen LogP) is 2.05. The van der Waals surface area contributed by atoms with Crippen LogP contribution in [0.5, 0.6) is 0 Å². The summed E-state index contributed by atoms with van der Waals surface area (Å²) in [6.45, 7) is 5.28. The minimum atomic E-state index is -1.32. The van der Waals surface area contributed by atoms with Crippen LogP contribution in [0.15, 0.2) is 24.3 Å². The van der Waals surface area contributed by atoms with Gasteiger partial charge in [0.25, 0.3) is 0 Å². The van der Waals surface area contributed by atoms with E-state index < -0.39 is 17.5 Å². The number of aliphatic carboxylic acids is 1. The Hall–Kier alpha value is -2.25. The van der Waals surface area contributed by atoms with Crippen molar-refractivity contribution in [2.75, 3.05) is 13.1 Å². The fraction of sp³-hybridized carbons (Fsp3) is 0.474. The third-order valence-corrected chi connectivity index (χ3v) is 5.38. The van der Waals surface area contributed by atoms with Gasteiger partial charge in [0.1, 0.15) is 11.2 Å². The van der Waals surface area contributed by atoms with Crippen molar-refractivity contribution in [3.8, 4) is 0 Å². The smallest absolute Gasteiger partial charge is 0.313 e. The summed E-state index contributed by atoms with van der Waals surface area (Å²) < 4.78 is 13.2. The molecule has 2 heterocycles. The minimum Gasteiger partial charge on any atom is -0.481 e. The van der Waals surface area contributed by atoms with Gasteiger partial charge in [-0.3, -0.25) is 14.8 Å². The van der Waals surface area contributed by atoms with Crippen molar-refractivity contribution < 1.29 is 19.4 Å². The molecule has 0 amide bonds. The second-order valence-electron chi connectivity index (χ2n) is 7.19. The summed E-state index contributed by atoms with van der Waals surface area (Å²) in [5.74, 6) is -1.39. The van der Waals surface area contributed by atoms with Crippen LogP contribution >= 0.6 is 0 Å². The van der Waals surface area contributed by atoms with E-state index in [1.165, 1.54) is 12.1 Å². The number of carbonyl (C=O) groups is 1. The monoisotopic (exact) mass is 361 g/mol. The maximum Gasteiger partial charge on any atom is 0.313 e. The fourth-order valence-electron chi connectivity index (χ4n) is 3.76. The Morgan fingerprint density at radius 2 is 2.08 bits per heavy atom. The maximum atomic E-state index is 13.2. The second kappa shape index (κ2) is 7.17. The number of nitrogens with zero attached hydrogens (tertiary/aromatic N) is 2. The van der Waals surface area contributed by atoms with E-state index in [2.05, 4.69) is 15.1 Å². The summed E-state index contributed by atoms with van der Waals surface area (Å²) in [6, 6.07) is 5.79. The third kappa shape index (κ3) is 3.50. The molecule has 3 rings (SSSR count). The summed E-state index contributed by atoms with van der Waals surface area (Å²) in [4.78, 5) is 14.2. The molecule has 140 valence electrons. The highest BCUT2D eigenvalue weighted by molar-refractivity contribution is 5.76. The van der Waals surface area contributed by atoms with Crippen molar-refractivity contribution in [3.05, 3.63) is 52.6 Å². The highest BCUT2D eigenvalue weighted by atomic mass is 19.1. The first-order chi connectivity index (χ1) is 12.3. The molecule has 6 nitrogen and oxygen atoms in total. The zero-order chi connectivity index (χ0) is 18.9. The van der Waals surface area contributed by atoms with Gasteiger partial charge in [-0.05, 0) is 44.4 Å². The number of hydrogen-bond acceptors (Lipinski definition) is 4. The van der Waals surface area contributed by atoms with Crippen LogP contribution in [-0.4, -0.2) is 50.5 Å². The first-order valence-corrected chi connectivity index (χ1v) is 8.70. The molecule has 0 aliphatic carbocycles. The predicted molar refractivity (Wildman–Crippen MR) is 94.1 cm³/mol. The van der Waals surface area contributed by atoms with Crippen LogP contribution < -0.4 is 0 Å². The molecular formula is C19H24FN3O3. The molecule has 1 fully saturated rings. The Bertz CT molecular complexity index is 770. The van der Waals surface area contributed by atoms with Crippen LogP contribution in [0, 0.1) is 25.1 Å². The van der Waals surface area contributed by atoms with Crippen LogP contribution in [0.2, 0.25) is 0 Å². The summed E-state index contributed by atoms with van der Waals surface area (Å²) in [5.41, 5.74) is 2.30. The molecule has 1 saturated heterocycles. The van der Waals surface area contributed by atoms with E-state index in [0.717, 1.165) is 17.0 Å². The number of aromatic amines is 1. The summed E-state index contributed by atoms with van der Waals surface area (Å²) in [7, 11) is 0. The number of rotatable bonds is 5. The lowest BCUT2D eigenvalue weighted by Gasteiger charge is -2.43. The van der Waals surface area contributed by atoms with Crippen LogP contribution in [-0.2, 0) is 17.8 Å². The lowest BCUT2D eigenvalue weighted by molar-refractivity contribution is -0.163. The van der Waals surface area contributed by atoms with E-state index in [9.17, 15) is 19.4 Å². The quantitative estimate of drug-likeness (QED) is 0.758. The molecule has 0 bridgehead atoms. The van der Waals surface area contributed by atoms with E-state index in [1.807, 2.05) is 13.8 Å². The van der Waals surface area contributed by atoms with Gasteiger partial charge in [-0.15, -0.1) is 0 Å². The molecule has 0 spiro atoms.